The number of carboxylic acids is 1. The largest absolute Gasteiger partial charge is 0.488 e. The van der Waals surface area contributed by atoms with E-state index in [-0.39, 0.29) is 12.6 Å². The fraction of sp³-hybridized carbons (Fsp3) is 0.533. The van der Waals surface area contributed by atoms with Gasteiger partial charge in [0.2, 0.25) is 0 Å². The van der Waals surface area contributed by atoms with Crippen LogP contribution in [-0.2, 0) is 11.2 Å². The van der Waals surface area contributed by atoms with E-state index >= 15 is 0 Å². The zero-order valence-corrected chi connectivity index (χ0v) is 13.1. The first-order chi connectivity index (χ1) is 9.94. The average Bonchev–Trinajstić information content (AvgIpc) is 2.76. The Bertz CT molecular complexity index is 508. The smallest absolute Gasteiger partial charge is 0.317 e. The monoisotopic (exact) mass is 312 g/mol. The van der Waals surface area contributed by atoms with Gasteiger partial charge in [0.1, 0.15) is 11.9 Å². The Balaban J connectivity index is 1.93. The van der Waals surface area contributed by atoms with Crippen LogP contribution in [0.25, 0.3) is 0 Å². The van der Waals surface area contributed by atoms with Crippen LogP contribution in [0.2, 0.25) is 5.02 Å². The molecule has 21 heavy (non-hydrogen) atoms. The lowest BCUT2D eigenvalue weighted by Crippen LogP contribution is -2.41. The van der Waals surface area contributed by atoms with Crippen LogP contribution in [0, 0.1) is 0 Å². The number of rotatable bonds is 7. The molecule has 6 heteroatoms. The molecule has 0 spiro atoms. The van der Waals surface area contributed by atoms with Gasteiger partial charge in [-0.1, -0.05) is 11.6 Å². The highest BCUT2D eigenvalue weighted by Crippen LogP contribution is 2.31. The summed E-state index contributed by atoms with van der Waals surface area (Å²) >= 11 is 5.98. The molecule has 1 heterocycles. The third kappa shape index (κ3) is 4.88. The van der Waals surface area contributed by atoms with E-state index < -0.39 is 5.97 Å². The standard InChI is InChI=1S/C15H21ClN2O3/c1-17(2)5-6-18(10-15(19)20)9-13-8-11-7-12(16)3-4-14(11)21-13/h3-4,7,13H,5-6,8-10H2,1-2H3,(H,19,20). The first-order valence-electron chi connectivity index (χ1n) is 6.98. The predicted molar refractivity (Wildman–Crippen MR) is 82.2 cm³/mol. The number of likely N-dealkylation sites (N-methyl/N-ethyl adjacent to an activating group) is 1. The fourth-order valence-corrected chi connectivity index (χ4v) is 2.64. The van der Waals surface area contributed by atoms with Gasteiger partial charge in [0.05, 0.1) is 6.54 Å². The molecule has 0 saturated heterocycles. The van der Waals surface area contributed by atoms with E-state index in [0.717, 1.165) is 24.3 Å². The van der Waals surface area contributed by atoms with Gasteiger partial charge in [0, 0.05) is 31.1 Å². The molecule has 0 saturated carbocycles. The van der Waals surface area contributed by atoms with Gasteiger partial charge in [-0.3, -0.25) is 9.69 Å². The zero-order chi connectivity index (χ0) is 15.4. The second-order valence-electron chi connectivity index (χ2n) is 5.63. The van der Waals surface area contributed by atoms with E-state index in [1.807, 2.05) is 42.1 Å². The molecule has 0 radical (unpaired) electrons. The Morgan fingerprint density at radius 1 is 1.43 bits per heavy atom. The van der Waals surface area contributed by atoms with Crippen molar-refractivity contribution in [3.8, 4) is 5.75 Å². The summed E-state index contributed by atoms with van der Waals surface area (Å²) in [5.41, 5.74) is 1.09. The molecule has 2 rings (SSSR count). The quantitative estimate of drug-likeness (QED) is 0.828. The van der Waals surface area contributed by atoms with Crippen LogP contribution in [0.15, 0.2) is 18.2 Å². The maximum Gasteiger partial charge on any atom is 0.317 e. The molecule has 0 aromatic heterocycles. The van der Waals surface area contributed by atoms with Gasteiger partial charge in [0.15, 0.2) is 0 Å². The molecule has 0 bridgehead atoms. The maximum atomic E-state index is 11.0. The number of carbonyl (C=O) groups is 1. The van der Waals surface area contributed by atoms with Crippen molar-refractivity contribution >= 4 is 17.6 Å². The molecule has 1 aliphatic heterocycles. The van der Waals surface area contributed by atoms with E-state index in [4.69, 9.17) is 21.4 Å². The highest BCUT2D eigenvalue weighted by molar-refractivity contribution is 6.30. The second kappa shape index (κ2) is 7.11. The van der Waals surface area contributed by atoms with Gasteiger partial charge in [-0.05, 0) is 37.9 Å². The Hall–Kier alpha value is -1.30. The van der Waals surface area contributed by atoms with Crippen LogP contribution in [0.5, 0.6) is 5.75 Å². The van der Waals surface area contributed by atoms with Crippen molar-refractivity contribution in [2.24, 2.45) is 0 Å². The summed E-state index contributed by atoms with van der Waals surface area (Å²) in [7, 11) is 3.95. The molecule has 1 aromatic carbocycles. The minimum atomic E-state index is -0.813. The highest BCUT2D eigenvalue weighted by atomic mass is 35.5. The van der Waals surface area contributed by atoms with Crippen molar-refractivity contribution in [1.29, 1.82) is 0 Å². The fourth-order valence-electron chi connectivity index (χ4n) is 2.45. The molecule has 0 fully saturated rings. The molecule has 116 valence electrons. The predicted octanol–water partition coefficient (Wildman–Crippen LogP) is 1.59. The number of fused-ring (bicyclic) bond motifs is 1. The van der Waals surface area contributed by atoms with Gasteiger partial charge in [-0.25, -0.2) is 0 Å². The van der Waals surface area contributed by atoms with Gasteiger partial charge < -0.3 is 14.7 Å². The molecule has 1 aromatic rings. The van der Waals surface area contributed by atoms with Crippen LogP contribution in [0.3, 0.4) is 0 Å². The lowest BCUT2D eigenvalue weighted by Gasteiger charge is -2.25. The highest BCUT2D eigenvalue weighted by Gasteiger charge is 2.25. The summed E-state index contributed by atoms with van der Waals surface area (Å²) in [4.78, 5) is 14.9. The van der Waals surface area contributed by atoms with Crippen molar-refractivity contribution < 1.29 is 14.6 Å². The molecule has 1 unspecified atom stereocenters. The van der Waals surface area contributed by atoms with Crippen LogP contribution < -0.4 is 4.74 Å². The molecule has 1 atom stereocenters. The molecule has 1 N–H and O–H groups in total. The summed E-state index contributed by atoms with van der Waals surface area (Å²) < 4.78 is 5.87. The number of nitrogens with zero attached hydrogens (tertiary/aromatic N) is 2. The Morgan fingerprint density at radius 3 is 2.86 bits per heavy atom. The molecule has 5 nitrogen and oxygen atoms in total. The summed E-state index contributed by atoms with van der Waals surface area (Å²) in [5, 5.41) is 9.72. The van der Waals surface area contributed by atoms with E-state index in [1.165, 1.54) is 0 Å². The van der Waals surface area contributed by atoms with Crippen LogP contribution in [-0.4, -0.2) is 67.3 Å². The molecular formula is C15H21ClN2O3. The van der Waals surface area contributed by atoms with Crippen molar-refractivity contribution in [1.82, 2.24) is 9.80 Å². The van der Waals surface area contributed by atoms with Crippen LogP contribution in [0.4, 0.5) is 0 Å². The second-order valence-corrected chi connectivity index (χ2v) is 6.06. The van der Waals surface area contributed by atoms with E-state index in [9.17, 15) is 4.79 Å². The maximum absolute atomic E-state index is 11.0. The van der Waals surface area contributed by atoms with Gasteiger partial charge in [-0.15, -0.1) is 0 Å². The molecule has 0 aliphatic carbocycles. The number of halogens is 1. The minimum Gasteiger partial charge on any atom is -0.488 e. The topological polar surface area (TPSA) is 53.0 Å². The first-order valence-corrected chi connectivity index (χ1v) is 7.36. The molecule has 1 aliphatic rings. The molecule has 0 amide bonds. The third-order valence-corrected chi connectivity index (χ3v) is 3.68. The van der Waals surface area contributed by atoms with Crippen LogP contribution in [0.1, 0.15) is 5.56 Å². The Morgan fingerprint density at radius 2 is 2.19 bits per heavy atom. The lowest BCUT2D eigenvalue weighted by molar-refractivity contribution is -0.138. The van der Waals surface area contributed by atoms with Crippen LogP contribution >= 0.6 is 11.6 Å². The van der Waals surface area contributed by atoms with Crippen molar-refractivity contribution in [3.63, 3.8) is 0 Å². The number of carboxylic acid groups (broad SMARTS) is 1. The number of aliphatic carboxylic acids is 1. The molecular weight excluding hydrogens is 292 g/mol. The lowest BCUT2D eigenvalue weighted by atomic mass is 10.1. The summed E-state index contributed by atoms with van der Waals surface area (Å²) in [6.07, 6.45) is 0.758. The number of ether oxygens (including phenoxy) is 1. The van der Waals surface area contributed by atoms with Crippen molar-refractivity contribution in [2.75, 3.05) is 40.3 Å². The van der Waals surface area contributed by atoms with Crippen molar-refractivity contribution in [2.45, 2.75) is 12.5 Å². The van der Waals surface area contributed by atoms with Gasteiger partial charge >= 0.3 is 5.97 Å². The number of benzene rings is 1. The van der Waals surface area contributed by atoms with E-state index in [0.29, 0.717) is 18.1 Å². The summed E-state index contributed by atoms with van der Waals surface area (Å²) in [6, 6.07) is 5.60. The zero-order valence-electron chi connectivity index (χ0n) is 12.4. The van der Waals surface area contributed by atoms with E-state index in [2.05, 4.69) is 0 Å². The summed E-state index contributed by atoms with van der Waals surface area (Å²) in [6.45, 7) is 2.16. The normalized spacial score (nSPS) is 17.1. The number of hydrogen-bond donors (Lipinski definition) is 1. The minimum absolute atomic E-state index is 0.0139. The number of hydrogen-bond acceptors (Lipinski definition) is 4. The third-order valence-electron chi connectivity index (χ3n) is 3.45. The average molecular weight is 313 g/mol. The van der Waals surface area contributed by atoms with Gasteiger partial charge in [0.25, 0.3) is 0 Å². The Labute approximate surface area is 130 Å². The first kappa shape index (κ1) is 16.1. The van der Waals surface area contributed by atoms with Crippen molar-refractivity contribution in [3.05, 3.63) is 28.8 Å². The van der Waals surface area contributed by atoms with E-state index in [1.54, 1.807) is 0 Å². The SMILES string of the molecule is CN(C)CCN(CC(=O)O)CC1Cc2cc(Cl)ccc2O1. The van der Waals surface area contributed by atoms with Gasteiger partial charge in [-0.2, -0.15) is 0 Å². The Kier molecular flexibility index (Phi) is 5.45. The summed E-state index contributed by atoms with van der Waals surface area (Å²) in [5.74, 6) is 0.0413.